The van der Waals surface area contributed by atoms with Crippen LogP contribution in [0.5, 0.6) is 0 Å². The molecule has 0 fully saturated rings. The highest BCUT2D eigenvalue weighted by molar-refractivity contribution is 7.23. The number of hydrogen-bond acceptors (Lipinski definition) is 3. The van der Waals surface area contributed by atoms with Gasteiger partial charge in [0.1, 0.15) is 0 Å². The summed E-state index contributed by atoms with van der Waals surface area (Å²) in [6.07, 6.45) is 1.78. The number of carboxylic acids is 1. The molecule has 0 radical (unpaired) electrons. The number of aliphatic carboxylic acids is 1. The lowest BCUT2D eigenvalue weighted by Crippen LogP contribution is -1.99. The molecule has 17 heavy (non-hydrogen) atoms. The van der Waals surface area contributed by atoms with E-state index in [1.54, 1.807) is 17.5 Å². The average molecular weight is 246 g/mol. The van der Waals surface area contributed by atoms with Gasteiger partial charge in [0.25, 0.3) is 0 Å². The number of rotatable bonds is 2. The second-order valence-corrected chi connectivity index (χ2v) is 5.04. The Bertz CT molecular complexity index is 727. The van der Waals surface area contributed by atoms with Crippen LogP contribution >= 0.6 is 11.3 Å². The zero-order chi connectivity index (χ0) is 12.0. The standard InChI is InChI=1S/C12H10N2O2S/c1-7-2-3-9-10(4-7)17-12-13-8(5-11(15)16)6-14(9)12/h2-4,6H,5H2,1H3,(H,15,16). The number of imidazole rings is 1. The number of fused-ring (bicyclic) bond motifs is 3. The average Bonchev–Trinajstić information content (AvgIpc) is 2.72. The van der Waals surface area contributed by atoms with Gasteiger partial charge in [0.2, 0.25) is 0 Å². The Hall–Kier alpha value is -1.88. The van der Waals surface area contributed by atoms with Crippen LogP contribution in [-0.4, -0.2) is 20.5 Å². The quantitative estimate of drug-likeness (QED) is 0.755. The third-order valence-corrected chi connectivity index (χ3v) is 3.65. The fourth-order valence-electron chi connectivity index (χ4n) is 1.89. The summed E-state index contributed by atoms with van der Waals surface area (Å²) >= 11 is 1.58. The van der Waals surface area contributed by atoms with E-state index < -0.39 is 5.97 Å². The minimum absolute atomic E-state index is 0.0260. The van der Waals surface area contributed by atoms with Gasteiger partial charge in [-0.25, -0.2) is 4.98 Å². The number of carbonyl (C=O) groups is 1. The van der Waals surface area contributed by atoms with Crippen LogP contribution in [0.25, 0.3) is 15.2 Å². The molecule has 0 aliphatic carbocycles. The second kappa shape index (κ2) is 3.56. The van der Waals surface area contributed by atoms with Gasteiger partial charge in [-0.2, -0.15) is 0 Å². The fourth-order valence-corrected chi connectivity index (χ4v) is 3.02. The molecule has 5 heteroatoms. The number of thiazole rings is 1. The molecule has 4 nitrogen and oxygen atoms in total. The molecule has 3 aromatic rings. The summed E-state index contributed by atoms with van der Waals surface area (Å²) in [5.41, 5.74) is 2.90. The van der Waals surface area contributed by atoms with Gasteiger partial charge >= 0.3 is 5.97 Å². The zero-order valence-corrected chi connectivity index (χ0v) is 9.99. The highest BCUT2D eigenvalue weighted by atomic mass is 32.1. The summed E-state index contributed by atoms with van der Waals surface area (Å²) in [5, 5.41) is 8.73. The monoisotopic (exact) mass is 246 g/mol. The maximum Gasteiger partial charge on any atom is 0.309 e. The third kappa shape index (κ3) is 1.68. The molecule has 0 aliphatic heterocycles. The van der Waals surface area contributed by atoms with Crippen molar-refractivity contribution in [3.8, 4) is 0 Å². The molecule has 0 spiro atoms. The lowest BCUT2D eigenvalue weighted by molar-refractivity contribution is -0.136. The summed E-state index contributed by atoms with van der Waals surface area (Å²) in [6.45, 7) is 2.05. The number of hydrogen-bond donors (Lipinski definition) is 1. The first kappa shape index (κ1) is 10.3. The van der Waals surface area contributed by atoms with E-state index in [1.165, 1.54) is 10.3 Å². The lowest BCUT2D eigenvalue weighted by Gasteiger charge is -1.93. The lowest BCUT2D eigenvalue weighted by atomic mass is 10.2. The Balaban J connectivity index is 2.21. The molecular weight excluding hydrogens is 236 g/mol. The maximum absolute atomic E-state index is 10.6. The van der Waals surface area contributed by atoms with Crippen LogP contribution in [0.4, 0.5) is 0 Å². The summed E-state index contributed by atoms with van der Waals surface area (Å²) in [5.74, 6) is -0.851. The Morgan fingerprint density at radius 3 is 3.12 bits per heavy atom. The van der Waals surface area contributed by atoms with Gasteiger partial charge in [-0.3, -0.25) is 9.20 Å². The van der Waals surface area contributed by atoms with Crippen molar-refractivity contribution in [2.45, 2.75) is 13.3 Å². The fraction of sp³-hybridized carbons (Fsp3) is 0.167. The number of aryl methyl sites for hydroxylation is 1. The minimum Gasteiger partial charge on any atom is -0.481 e. The van der Waals surface area contributed by atoms with Crippen molar-refractivity contribution >= 4 is 32.5 Å². The van der Waals surface area contributed by atoms with Crippen molar-refractivity contribution < 1.29 is 9.90 Å². The molecule has 86 valence electrons. The molecule has 3 rings (SSSR count). The summed E-state index contributed by atoms with van der Waals surface area (Å²) in [4.78, 5) is 15.8. The van der Waals surface area contributed by atoms with Crippen molar-refractivity contribution in [1.29, 1.82) is 0 Å². The summed E-state index contributed by atoms with van der Waals surface area (Å²) in [6, 6.07) is 6.21. The molecular formula is C12H10N2O2S. The van der Waals surface area contributed by atoms with Crippen LogP contribution in [-0.2, 0) is 11.2 Å². The molecule has 0 amide bonds. The predicted molar refractivity (Wildman–Crippen MR) is 66.7 cm³/mol. The first-order chi connectivity index (χ1) is 8.13. The Kier molecular flexibility index (Phi) is 2.16. The smallest absolute Gasteiger partial charge is 0.309 e. The summed E-state index contributed by atoms with van der Waals surface area (Å²) < 4.78 is 3.13. The number of nitrogens with zero attached hydrogens (tertiary/aromatic N) is 2. The molecule has 0 saturated heterocycles. The highest BCUT2D eigenvalue weighted by Crippen LogP contribution is 2.27. The van der Waals surface area contributed by atoms with Crippen LogP contribution in [0.15, 0.2) is 24.4 Å². The largest absolute Gasteiger partial charge is 0.481 e. The maximum atomic E-state index is 10.6. The van der Waals surface area contributed by atoms with E-state index in [-0.39, 0.29) is 6.42 Å². The van der Waals surface area contributed by atoms with Gasteiger partial charge in [-0.05, 0) is 24.6 Å². The predicted octanol–water partition coefficient (Wildman–Crippen LogP) is 2.48. The van der Waals surface area contributed by atoms with Crippen molar-refractivity contribution in [3.05, 3.63) is 35.7 Å². The molecule has 0 unspecified atom stereocenters. The van der Waals surface area contributed by atoms with Gasteiger partial charge < -0.3 is 5.11 Å². The van der Waals surface area contributed by atoms with Crippen LogP contribution in [0.1, 0.15) is 11.3 Å². The Labute approximate surface area is 101 Å². The highest BCUT2D eigenvalue weighted by Gasteiger charge is 2.10. The van der Waals surface area contributed by atoms with E-state index >= 15 is 0 Å². The second-order valence-electron chi connectivity index (χ2n) is 4.03. The van der Waals surface area contributed by atoms with E-state index in [2.05, 4.69) is 18.0 Å². The van der Waals surface area contributed by atoms with Gasteiger partial charge in [0.05, 0.1) is 22.3 Å². The third-order valence-electron chi connectivity index (χ3n) is 2.63. The number of benzene rings is 1. The SMILES string of the molecule is Cc1ccc2c(c1)sc1nc(CC(=O)O)cn12. The molecule has 0 aliphatic rings. The van der Waals surface area contributed by atoms with E-state index in [4.69, 9.17) is 5.11 Å². The Morgan fingerprint density at radius 2 is 2.35 bits per heavy atom. The van der Waals surface area contributed by atoms with Crippen LogP contribution in [0.3, 0.4) is 0 Å². The summed E-state index contributed by atoms with van der Waals surface area (Å²) in [7, 11) is 0. The van der Waals surface area contributed by atoms with Crippen LogP contribution in [0.2, 0.25) is 0 Å². The van der Waals surface area contributed by atoms with Gasteiger partial charge in [-0.1, -0.05) is 17.4 Å². The van der Waals surface area contributed by atoms with E-state index in [1.807, 2.05) is 16.5 Å². The van der Waals surface area contributed by atoms with Gasteiger partial charge in [0, 0.05) is 6.20 Å². The molecule has 1 aromatic carbocycles. The molecule has 1 N–H and O–H groups in total. The van der Waals surface area contributed by atoms with E-state index in [9.17, 15) is 4.79 Å². The molecule has 0 atom stereocenters. The topological polar surface area (TPSA) is 54.6 Å². The molecule has 2 aromatic heterocycles. The first-order valence-electron chi connectivity index (χ1n) is 5.22. The van der Waals surface area contributed by atoms with E-state index in [0.717, 1.165) is 10.5 Å². The van der Waals surface area contributed by atoms with Crippen molar-refractivity contribution in [2.24, 2.45) is 0 Å². The van der Waals surface area contributed by atoms with Crippen LogP contribution < -0.4 is 0 Å². The normalized spacial score (nSPS) is 11.4. The number of carboxylic acid groups (broad SMARTS) is 1. The molecule has 2 heterocycles. The van der Waals surface area contributed by atoms with E-state index in [0.29, 0.717) is 5.69 Å². The van der Waals surface area contributed by atoms with Gasteiger partial charge in [-0.15, -0.1) is 0 Å². The van der Waals surface area contributed by atoms with Gasteiger partial charge in [0.15, 0.2) is 4.96 Å². The Morgan fingerprint density at radius 1 is 1.53 bits per heavy atom. The number of aromatic nitrogens is 2. The van der Waals surface area contributed by atoms with Crippen molar-refractivity contribution in [1.82, 2.24) is 9.38 Å². The molecule has 0 bridgehead atoms. The van der Waals surface area contributed by atoms with Crippen molar-refractivity contribution in [3.63, 3.8) is 0 Å². The van der Waals surface area contributed by atoms with Crippen LogP contribution in [0, 0.1) is 6.92 Å². The zero-order valence-electron chi connectivity index (χ0n) is 9.17. The first-order valence-corrected chi connectivity index (χ1v) is 6.04. The minimum atomic E-state index is -0.851. The van der Waals surface area contributed by atoms with Crippen molar-refractivity contribution in [2.75, 3.05) is 0 Å². The molecule has 0 saturated carbocycles.